The van der Waals surface area contributed by atoms with E-state index in [4.69, 9.17) is 40.1 Å². The van der Waals surface area contributed by atoms with Crippen molar-refractivity contribution in [3.05, 3.63) is 108 Å². The summed E-state index contributed by atoms with van der Waals surface area (Å²) in [7, 11) is 3.93. The zero-order chi connectivity index (χ0) is 69.9. The van der Waals surface area contributed by atoms with Gasteiger partial charge in [0, 0.05) is 79.6 Å². The lowest BCUT2D eigenvalue weighted by Crippen LogP contribution is -2.61. The van der Waals surface area contributed by atoms with Crippen molar-refractivity contribution in [1.29, 1.82) is 0 Å². The molecule has 5 rings (SSSR count). The number of aliphatic hydroxyl groups excluding tert-OH is 2. The number of likely N-dealkylation sites (N-methyl/N-ethyl adjacent to an activating group) is 3. The van der Waals surface area contributed by atoms with Gasteiger partial charge in [-0.15, -0.1) is 0 Å². The Kier molecular flexibility index (Phi) is 30.0. The molecule has 10 atom stereocenters. The maximum atomic E-state index is 15.1. The summed E-state index contributed by atoms with van der Waals surface area (Å²) in [5.41, 5.74) is 40.6. The van der Waals surface area contributed by atoms with Crippen molar-refractivity contribution >= 4 is 77.0 Å². The Labute approximate surface area is 551 Å². The molecule has 32 nitrogen and oxygen atoms in total. The second kappa shape index (κ2) is 37.7. The fraction of sp³-hybridized carbons (Fsp3) is 0.508. The van der Waals surface area contributed by atoms with Crippen molar-refractivity contribution in [3.63, 3.8) is 0 Å². The molecule has 0 unspecified atom stereocenters. The quantitative estimate of drug-likeness (QED) is 0.0148. The van der Waals surface area contributed by atoms with Crippen molar-refractivity contribution in [2.75, 3.05) is 67.0 Å². The lowest BCUT2D eigenvalue weighted by Gasteiger charge is -2.36. The fourth-order valence-corrected chi connectivity index (χ4v) is 11.2. The molecule has 0 radical (unpaired) electrons. The molecule has 0 aromatic heterocycles. The molecule has 0 aliphatic carbocycles. The van der Waals surface area contributed by atoms with Crippen LogP contribution in [0, 0.1) is 0 Å². The van der Waals surface area contributed by atoms with Crippen molar-refractivity contribution in [3.8, 4) is 0 Å². The molecule has 95 heavy (non-hydrogen) atoms. The molecule has 21 N–H and O–H groups in total. The van der Waals surface area contributed by atoms with Crippen LogP contribution in [0.5, 0.6) is 0 Å². The zero-order valence-electron chi connectivity index (χ0n) is 53.9. The van der Waals surface area contributed by atoms with Crippen LogP contribution < -0.4 is 61.4 Å². The highest BCUT2D eigenvalue weighted by atomic mass is 16.4. The Bertz CT molecular complexity index is 3170. The van der Waals surface area contributed by atoms with Gasteiger partial charge in [0.1, 0.15) is 48.3 Å². The van der Waals surface area contributed by atoms with Gasteiger partial charge < -0.3 is 101 Å². The van der Waals surface area contributed by atoms with E-state index in [1.165, 1.54) is 26.0 Å². The van der Waals surface area contributed by atoms with Gasteiger partial charge in [0.05, 0.1) is 25.3 Å². The first kappa shape index (κ1) is 75.8. The number of aliphatic carboxylic acids is 1. The monoisotopic (exact) mass is 1320 g/mol. The number of benzene rings is 3. The number of aliphatic hydroxyl groups is 2. The van der Waals surface area contributed by atoms with Crippen LogP contribution >= 0.6 is 0 Å². The third-order valence-electron chi connectivity index (χ3n) is 16.5. The fourth-order valence-electron chi connectivity index (χ4n) is 11.2. The third kappa shape index (κ3) is 23.2. The number of carboxylic acids is 1. The molecule has 0 spiro atoms. The van der Waals surface area contributed by atoms with Crippen LogP contribution in [-0.2, 0) is 67.2 Å². The second-order valence-corrected chi connectivity index (χ2v) is 23.5. The summed E-state index contributed by atoms with van der Waals surface area (Å²) in [4.78, 5) is 159. The van der Waals surface area contributed by atoms with Gasteiger partial charge in [-0.25, -0.2) is 4.79 Å². The maximum absolute atomic E-state index is 15.1. The predicted molar refractivity (Wildman–Crippen MR) is 352 cm³/mol. The van der Waals surface area contributed by atoms with Gasteiger partial charge in [0.25, 0.3) is 0 Å². The van der Waals surface area contributed by atoms with Crippen LogP contribution in [0.3, 0.4) is 0 Å². The minimum atomic E-state index is -1.73. The summed E-state index contributed by atoms with van der Waals surface area (Å²) in [6.45, 7) is -1.47. The van der Waals surface area contributed by atoms with Gasteiger partial charge >= 0.3 is 5.97 Å². The number of β-amino-alcohol motifs (C(OH)–C–C–N with tert-alkyl or cyclic N) is 1. The smallest absolute Gasteiger partial charge is 0.326 e. The highest BCUT2D eigenvalue weighted by Gasteiger charge is 2.46. The highest BCUT2D eigenvalue weighted by molar-refractivity contribution is 5.98. The number of hydrogen-bond acceptors (Lipinski definition) is 16. The van der Waals surface area contributed by atoms with E-state index in [9.17, 15) is 58.5 Å². The predicted octanol–water partition coefficient (Wildman–Crippen LogP) is -4.72. The van der Waals surface area contributed by atoms with Crippen molar-refractivity contribution in [1.82, 2.24) is 45.8 Å². The van der Waals surface area contributed by atoms with Gasteiger partial charge in [-0.3, -0.25) is 58.1 Å². The first-order valence-electron chi connectivity index (χ1n) is 31.4. The molecular formula is C63H93N19O13. The summed E-state index contributed by atoms with van der Waals surface area (Å²) in [6, 6.07) is 13.9. The lowest BCUT2D eigenvalue weighted by atomic mass is 9.99. The molecule has 2 saturated heterocycles. The van der Waals surface area contributed by atoms with Gasteiger partial charge in [-0.1, -0.05) is 91.0 Å². The average Bonchev–Trinajstić information content (AvgIpc) is 1.77. The van der Waals surface area contributed by atoms with E-state index >= 15 is 4.79 Å². The summed E-state index contributed by atoms with van der Waals surface area (Å²) >= 11 is 0. The number of hydrogen-bond donors (Lipinski definition) is 14. The highest BCUT2D eigenvalue weighted by Crippen LogP contribution is 2.27. The van der Waals surface area contributed by atoms with E-state index in [2.05, 4.69) is 36.2 Å². The molecule has 3 aromatic rings. The molecule has 32 heteroatoms. The molecule has 0 saturated carbocycles. The number of aliphatic imine (C=N–C) groups is 3. The SMILES string of the molecule is CN(C(=O)[C@H](CO)NC(=O)[C@H](Cc1ccccc1)N(C)C(=O)CNC(=O)[C@@H]1C[C@@H](O)CN1C(=O)[C@@H]1CCCN1C(=O)[C@H](CCCN=C(N)N)NC(=O)[C@H](N)CCCN=C(N)N)[C@H](Cc1ccccc1)C(=O)N(C)[C@@H](Cc1ccccc1)C(=O)N[C@@H](CCCN=C(N)N)C(=O)O. The van der Waals surface area contributed by atoms with Gasteiger partial charge in [-0.05, 0) is 68.1 Å². The molecule has 2 fully saturated rings. The normalized spacial score (nSPS) is 17.2. The maximum Gasteiger partial charge on any atom is 0.326 e. The van der Waals surface area contributed by atoms with E-state index in [1.807, 2.05) is 0 Å². The van der Waals surface area contributed by atoms with Crippen molar-refractivity contribution in [2.45, 2.75) is 138 Å². The van der Waals surface area contributed by atoms with E-state index in [-0.39, 0.29) is 115 Å². The molecule has 2 heterocycles. The topological polar surface area (TPSA) is 515 Å². The molecule has 9 amide bonds. The summed E-state index contributed by atoms with van der Waals surface area (Å²) in [6.07, 6.45) is -0.216. The number of nitrogens with two attached hydrogens (primary N) is 7. The van der Waals surface area contributed by atoms with E-state index in [1.54, 1.807) is 91.0 Å². The molecule has 2 aliphatic rings. The number of nitrogens with zero attached hydrogens (tertiary/aromatic N) is 8. The Morgan fingerprint density at radius 1 is 0.568 bits per heavy atom. The van der Waals surface area contributed by atoms with Crippen LogP contribution in [0.2, 0.25) is 0 Å². The Balaban J connectivity index is 1.33. The largest absolute Gasteiger partial charge is 0.480 e. The average molecular weight is 1320 g/mol. The Hall–Kier alpha value is -9.95. The lowest BCUT2D eigenvalue weighted by molar-refractivity contribution is -0.150. The number of guanidine groups is 3. The minimum Gasteiger partial charge on any atom is -0.480 e. The first-order chi connectivity index (χ1) is 45.2. The van der Waals surface area contributed by atoms with Gasteiger partial charge in [0.15, 0.2) is 17.9 Å². The van der Waals surface area contributed by atoms with E-state index in [0.717, 1.165) is 19.6 Å². The van der Waals surface area contributed by atoms with Crippen molar-refractivity contribution < 1.29 is 63.3 Å². The number of carboxylic acid groups (broad SMARTS) is 1. The van der Waals surface area contributed by atoms with E-state index < -0.39 is 133 Å². The first-order valence-corrected chi connectivity index (χ1v) is 31.4. The molecule has 0 bridgehead atoms. The molecular weight excluding hydrogens is 1230 g/mol. The molecule has 3 aromatic carbocycles. The van der Waals surface area contributed by atoms with Crippen LogP contribution in [0.25, 0.3) is 0 Å². The molecule has 518 valence electrons. The van der Waals surface area contributed by atoms with Crippen LogP contribution in [0.4, 0.5) is 0 Å². The number of nitrogens with one attached hydrogen (secondary N) is 4. The molecule has 2 aliphatic heterocycles. The Morgan fingerprint density at radius 3 is 1.49 bits per heavy atom. The Morgan fingerprint density at radius 2 is 1.01 bits per heavy atom. The zero-order valence-corrected chi connectivity index (χ0v) is 53.9. The van der Waals surface area contributed by atoms with E-state index in [0.29, 0.717) is 29.5 Å². The van der Waals surface area contributed by atoms with Crippen molar-refractivity contribution in [2.24, 2.45) is 55.1 Å². The van der Waals surface area contributed by atoms with Crippen LogP contribution in [0.15, 0.2) is 106 Å². The van der Waals surface area contributed by atoms with Crippen LogP contribution in [0.1, 0.15) is 74.5 Å². The summed E-state index contributed by atoms with van der Waals surface area (Å²) in [5.74, 6) is -8.81. The minimum absolute atomic E-state index is 0.0602. The number of amides is 9. The summed E-state index contributed by atoms with van der Waals surface area (Å²) < 4.78 is 0. The van der Waals surface area contributed by atoms with Crippen LogP contribution in [-0.4, -0.2) is 244 Å². The standard InChI is InChI=1S/C63H93N19O13/c1-78(51(85)35-74-53(87)49-34-41(84)36-82(49)59(93)46-26-16-30-81(46)57(91)43(24-14-28-72-62(67)68)75-52(86)42(64)23-13-27-71-61(65)66)47(31-38-17-7-4-8-18-38)54(88)77-45(37-83)56(90)80(3)50(33-40-21-11-6-12-22-40)58(92)79(2)48(32-39-19-9-5-10-20-39)55(89)76-44(60(94)95)25-15-29-73-63(69)70/h4-12,17-22,41-50,83-84H,13-16,23-37,64H2,1-3H3,(H,74,87)(H,75,86)(H,76,89)(H,77,88)(H,94,95)(H4,65,66,71)(H4,67,68,72)(H4,69,70,73)/t41-,42-,43+,44+,45+,46+,47+,48+,49+,50-/m1/s1. The van der Waals surface area contributed by atoms with Gasteiger partial charge in [-0.2, -0.15) is 0 Å². The number of carbonyl (C=O) groups is 10. The summed E-state index contributed by atoms with van der Waals surface area (Å²) in [5, 5.41) is 42.3. The number of rotatable bonds is 36. The third-order valence-corrected chi connectivity index (χ3v) is 16.5. The second-order valence-electron chi connectivity index (χ2n) is 23.5. The number of likely N-dealkylation sites (tertiary alicyclic amines) is 2. The number of carbonyl (C=O) groups excluding carboxylic acids is 9. The van der Waals surface area contributed by atoms with Gasteiger partial charge in [0.2, 0.25) is 53.2 Å².